The molecule has 0 saturated heterocycles. The molecule has 1 aliphatic heterocycles. The zero-order chi connectivity index (χ0) is 23.2. The first-order valence-electron chi connectivity index (χ1n) is 9.92. The molecule has 1 heterocycles. The lowest BCUT2D eigenvalue weighted by Gasteiger charge is -2.50. The number of nitrogens with one attached hydrogen (secondary N) is 1. The van der Waals surface area contributed by atoms with Crippen LogP contribution in [0.2, 0.25) is 0 Å². The van der Waals surface area contributed by atoms with Crippen LogP contribution >= 0.6 is 0 Å². The monoisotopic (exact) mass is 436 g/mol. The Balaban J connectivity index is 1.93. The number of halogens is 2. The highest BCUT2D eigenvalue weighted by molar-refractivity contribution is 5.95. The number of anilines is 5. The van der Waals surface area contributed by atoms with Crippen LogP contribution in [-0.4, -0.2) is 29.4 Å². The van der Waals surface area contributed by atoms with Gasteiger partial charge in [0, 0.05) is 35.4 Å². The Labute approximate surface area is 184 Å². The Kier molecular flexibility index (Phi) is 5.08. The molecule has 0 amide bonds. The van der Waals surface area contributed by atoms with Crippen molar-refractivity contribution >= 4 is 40.6 Å². The lowest BCUT2D eigenvalue weighted by Crippen LogP contribution is -2.52. The van der Waals surface area contributed by atoms with E-state index in [0.717, 1.165) is 11.9 Å². The molecule has 1 aliphatic rings. The number of carbonyl (C=O) groups is 1. The molecular formula is C24H22F2N4O2. The van der Waals surface area contributed by atoms with Gasteiger partial charge < -0.3 is 26.0 Å². The summed E-state index contributed by atoms with van der Waals surface area (Å²) in [4.78, 5) is 15.1. The van der Waals surface area contributed by atoms with E-state index in [1.165, 1.54) is 24.3 Å². The average Bonchev–Trinajstić information content (AvgIpc) is 2.73. The number of nitrogens with zero attached hydrogens (tertiary/aromatic N) is 2. The van der Waals surface area contributed by atoms with Crippen molar-refractivity contribution in [2.24, 2.45) is 0 Å². The summed E-state index contributed by atoms with van der Waals surface area (Å²) in [5.41, 5.74) is 8.72. The molecule has 4 rings (SSSR count). The third kappa shape index (κ3) is 3.53. The van der Waals surface area contributed by atoms with E-state index < -0.39 is 22.9 Å². The van der Waals surface area contributed by atoms with Gasteiger partial charge in [0.2, 0.25) is 0 Å². The van der Waals surface area contributed by atoms with Crippen LogP contribution in [0.1, 0.15) is 29.8 Å². The Morgan fingerprint density at radius 1 is 1.06 bits per heavy atom. The van der Waals surface area contributed by atoms with Crippen molar-refractivity contribution in [1.82, 2.24) is 0 Å². The zero-order valence-corrected chi connectivity index (χ0v) is 17.6. The molecule has 3 aromatic rings. The number of carboxylic acids is 1. The second-order valence-corrected chi connectivity index (χ2v) is 8.29. The summed E-state index contributed by atoms with van der Waals surface area (Å²) in [6.07, 6.45) is 1.16. The number of fused-ring (bicyclic) bond motifs is 1. The van der Waals surface area contributed by atoms with Gasteiger partial charge in [-0.15, -0.1) is 0 Å². The predicted molar refractivity (Wildman–Crippen MR) is 122 cm³/mol. The van der Waals surface area contributed by atoms with E-state index >= 15 is 0 Å². The molecule has 0 radical (unpaired) electrons. The van der Waals surface area contributed by atoms with E-state index in [-0.39, 0.29) is 5.82 Å². The number of benzene rings is 3. The third-order valence-corrected chi connectivity index (χ3v) is 5.60. The molecule has 0 fully saturated rings. The fourth-order valence-corrected chi connectivity index (χ4v) is 4.15. The molecule has 0 aliphatic carbocycles. The number of nitrogens with two attached hydrogens (primary N) is 1. The number of carboxylic acid groups (broad SMARTS) is 1. The van der Waals surface area contributed by atoms with Crippen LogP contribution in [0.4, 0.5) is 37.2 Å². The van der Waals surface area contributed by atoms with Gasteiger partial charge in [-0.2, -0.15) is 0 Å². The minimum absolute atomic E-state index is 0.350. The first-order chi connectivity index (χ1) is 15.1. The van der Waals surface area contributed by atoms with E-state index in [2.05, 4.69) is 0 Å². The lowest BCUT2D eigenvalue weighted by molar-refractivity contribution is 0.0692. The van der Waals surface area contributed by atoms with Crippen LogP contribution in [-0.2, 0) is 0 Å². The molecule has 0 atom stereocenters. The number of hydrogen-bond donors (Lipinski definition) is 3. The standard InChI is InChI=1S/C24H22F2N4O2/c1-24(2)13-29(17-7-8-18(23(31)32)19(26)10-17)21-11-20(28)14(12-27)9-22(21)30(24)16-5-3-15(25)4-6-16/h3-12,27H,13,28H2,1-2H3,(H,31,32). The fraction of sp³-hybridized carbons (Fsp3) is 0.167. The van der Waals surface area contributed by atoms with E-state index in [0.29, 0.717) is 34.9 Å². The Bertz CT molecular complexity index is 1230. The molecule has 0 saturated carbocycles. The largest absolute Gasteiger partial charge is 0.478 e. The van der Waals surface area contributed by atoms with Crippen LogP contribution in [0.3, 0.4) is 0 Å². The summed E-state index contributed by atoms with van der Waals surface area (Å²) in [7, 11) is 0. The van der Waals surface area contributed by atoms with E-state index in [1.54, 1.807) is 30.3 Å². The van der Waals surface area contributed by atoms with Crippen LogP contribution in [0.5, 0.6) is 0 Å². The summed E-state index contributed by atoms with van der Waals surface area (Å²) in [5, 5.41) is 16.9. The number of hydrogen-bond acceptors (Lipinski definition) is 5. The highest BCUT2D eigenvalue weighted by Gasteiger charge is 2.39. The van der Waals surface area contributed by atoms with Crippen LogP contribution in [0.25, 0.3) is 0 Å². The van der Waals surface area contributed by atoms with Crippen LogP contribution in [0, 0.1) is 17.0 Å². The maximum absolute atomic E-state index is 14.5. The first kappa shape index (κ1) is 21.3. The van der Waals surface area contributed by atoms with Crippen molar-refractivity contribution < 1.29 is 18.7 Å². The van der Waals surface area contributed by atoms with Gasteiger partial charge in [0.25, 0.3) is 0 Å². The highest BCUT2D eigenvalue weighted by atomic mass is 19.1. The zero-order valence-electron chi connectivity index (χ0n) is 17.6. The number of rotatable bonds is 4. The Morgan fingerprint density at radius 3 is 2.31 bits per heavy atom. The van der Waals surface area contributed by atoms with Crippen LogP contribution < -0.4 is 15.5 Å². The molecule has 164 valence electrons. The Hall–Kier alpha value is -3.94. The second kappa shape index (κ2) is 7.64. The van der Waals surface area contributed by atoms with Gasteiger partial charge in [-0.1, -0.05) is 0 Å². The number of nitrogen functional groups attached to an aromatic ring is 1. The summed E-state index contributed by atoms with van der Waals surface area (Å²) >= 11 is 0. The molecule has 0 aromatic heterocycles. The Morgan fingerprint density at radius 2 is 1.72 bits per heavy atom. The van der Waals surface area contributed by atoms with Gasteiger partial charge in [0.15, 0.2) is 0 Å². The molecule has 6 nitrogen and oxygen atoms in total. The maximum atomic E-state index is 14.5. The van der Waals surface area contributed by atoms with Crippen molar-refractivity contribution in [3.05, 3.63) is 77.4 Å². The normalized spacial score (nSPS) is 14.8. The van der Waals surface area contributed by atoms with E-state index in [4.69, 9.17) is 16.2 Å². The molecule has 0 bridgehead atoms. The molecule has 32 heavy (non-hydrogen) atoms. The van der Waals surface area contributed by atoms with Gasteiger partial charge in [-0.3, -0.25) is 0 Å². The molecule has 0 unspecified atom stereocenters. The van der Waals surface area contributed by atoms with Gasteiger partial charge >= 0.3 is 5.97 Å². The van der Waals surface area contributed by atoms with E-state index in [1.807, 2.05) is 23.6 Å². The predicted octanol–water partition coefficient (Wildman–Crippen LogP) is 5.31. The molecule has 3 aromatic carbocycles. The topological polar surface area (TPSA) is 93.6 Å². The minimum atomic E-state index is -1.34. The fourth-order valence-electron chi connectivity index (χ4n) is 4.15. The molecular weight excluding hydrogens is 414 g/mol. The van der Waals surface area contributed by atoms with Crippen molar-refractivity contribution in [3.8, 4) is 0 Å². The first-order valence-corrected chi connectivity index (χ1v) is 9.92. The van der Waals surface area contributed by atoms with E-state index in [9.17, 15) is 13.6 Å². The van der Waals surface area contributed by atoms with Gasteiger partial charge in [-0.05, 0) is 68.4 Å². The highest BCUT2D eigenvalue weighted by Crippen LogP contribution is 2.48. The SMILES string of the molecule is CC1(C)CN(c2ccc(C(=O)O)c(F)c2)c2cc(N)c(C=N)cc2N1c1ccc(F)cc1. The molecule has 0 spiro atoms. The van der Waals surface area contributed by atoms with Crippen LogP contribution in [0.15, 0.2) is 54.6 Å². The van der Waals surface area contributed by atoms with Crippen molar-refractivity contribution in [2.45, 2.75) is 19.4 Å². The maximum Gasteiger partial charge on any atom is 0.338 e. The average molecular weight is 436 g/mol. The van der Waals surface area contributed by atoms with Crippen molar-refractivity contribution in [2.75, 3.05) is 22.1 Å². The minimum Gasteiger partial charge on any atom is -0.478 e. The second-order valence-electron chi connectivity index (χ2n) is 8.29. The third-order valence-electron chi connectivity index (χ3n) is 5.60. The number of aromatic carboxylic acids is 1. The van der Waals surface area contributed by atoms with Gasteiger partial charge in [-0.25, -0.2) is 13.6 Å². The lowest BCUT2D eigenvalue weighted by atomic mass is 9.93. The van der Waals surface area contributed by atoms with Crippen molar-refractivity contribution in [1.29, 1.82) is 5.41 Å². The summed E-state index contributed by atoms with van der Waals surface area (Å²) in [6.45, 7) is 4.40. The molecule has 4 N–H and O–H groups in total. The van der Waals surface area contributed by atoms with Gasteiger partial charge in [0.1, 0.15) is 11.6 Å². The smallest absolute Gasteiger partial charge is 0.338 e. The quantitative estimate of drug-likeness (QED) is 0.381. The summed E-state index contributed by atoms with van der Waals surface area (Å²) < 4.78 is 28.1. The summed E-state index contributed by atoms with van der Waals surface area (Å²) in [5.74, 6) is -2.52. The summed E-state index contributed by atoms with van der Waals surface area (Å²) in [6, 6.07) is 13.6. The van der Waals surface area contributed by atoms with Crippen molar-refractivity contribution in [3.63, 3.8) is 0 Å². The molecule has 8 heteroatoms. The van der Waals surface area contributed by atoms with Gasteiger partial charge in [0.05, 0.1) is 22.5 Å².